The second-order valence-electron chi connectivity index (χ2n) is 6.03. The molecule has 2 N–H and O–H groups in total. The number of carbonyl (C=O) groups is 2. The Morgan fingerprint density at radius 3 is 2.76 bits per heavy atom. The number of benzene rings is 1. The predicted octanol–water partition coefficient (Wildman–Crippen LogP) is 2.08. The monoisotopic (exact) mass is 349 g/mol. The maximum Gasteiger partial charge on any atom is 0.321 e. The number of urea groups is 1. The molecule has 1 aromatic rings. The van der Waals surface area contributed by atoms with Gasteiger partial charge < -0.3 is 14.8 Å². The molecule has 0 spiro atoms. The summed E-state index contributed by atoms with van der Waals surface area (Å²) in [5.41, 5.74) is 1.12. The maximum absolute atomic E-state index is 11.7. The number of likely N-dealkylation sites (tertiary alicyclic amines) is 1. The van der Waals surface area contributed by atoms with E-state index in [1.54, 1.807) is 14.2 Å². The Labute approximate surface area is 148 Å². The van der Waals surface area contributed by atoms with E-state index >= 15 is 0 Å². The number of imide groups is 1. The van der Waals surface area contributed by atoms with E-state index in [-0.39, 0.29) is 11.9 Å². The molecule has 7 heteroatoms. The number of rotatable bonds is 7. The number of hydrogen-bond donors (Lipinski definition) is 2. The molecule has 1 aliphatic heterocycles. The molecule has 1 saturated heterocycles. The largest absolute Gasteiger partial charge is 0.497 e. The van der Waals surface area contributed by atoms with Crippen molar-refractivity contribution in [1.82, 2.24) is 15.5 Å². The van der Waals surface area contributed by atoms with E-state index in [9.17, 15) is 9.59 Å². The summed E-state index contributed by atoms with van der Waals surface area (Å²) >= 11 is 0. The van der Waals surface area contributed by atoms with Crippen LogP contribution in [0.3, 0.4) is 0 Å². The van der Waals surface area contributed by atoms with E-state index < -0.39 is 6.03 Å². The first-order chi connectivity index (χ1) is 12.1. The molecule has 25 heavy (non-hydrogen) atoms. The van der Waals surface area contributed by atoms with Crippen molar-refractivity contribution in [3.8, 4) is 11.5 Å². The fraction of sp³-hybridized carbons (Fsp3) is 0.556. The molecule has 0 unspecified atom stereocenters. The number of nitrogens with one attached hydrogen (secondary N) is 2. The second kappa shape index (κ2) is 9.27. The van der Waals surface area contributed by atoms with Gasteiger partial charge in [-0.25, -0.2) is 4.79 Å². The molecule has 3 amide bonds. The summed E-state index contributed by atoms with van der Waals surface area (Å²) in [6, 6.07) is 5.64. The van der Waals surface area contributed by atoms with Gasteiger partial charge in [0.1, 0.15) is 11.5 Å². The van der Waals surface area contributed by atoms with Gasteiger partial charge in [-0.05, 0) is 50.6 Å². The van der Waals surface area contributed by atoms with Crippen molar-refractivity contribution in [2.45, 2.75) is 31.7 Å². The minimum absolute atomic E-state index is 0.256. The third kappa shape index (κ3) is 5.09. The molecule has 7 nitrogen and oxygen atoms in total. The van der Waals surface area contributed by atoms with E-state index in [2.05, 4.69) is 15.5 Å². The van der Waals surface area contributed by atoms with E-state index in [1.807, 2.05) is 18.2 Å². The highest BCUT2D eigenvalue weighted by molar-refractivity contribution is 5.94. The van der Waals surface area contributed by atoms with Gasteiger partial charge in [0.25, 0.3) is 0 Å². The molecule has 138 valence electrons. The molecule has 0 bridgehead atoms. The third-order valence-corrected chi connectivity index (χ3v) is 4.49. The Kier molecular flexibility index (Phi) is 7.06. The zero-order valence-electron chi connectivity index (χ0n) is 15.1. The molecule has 0 radical (unpaired) electrons. The molecule has 0 aromatic heterocycles. The summed E-state index contributed by atoms with van der Waals surface area (Å²) < 4.78 is 10.9. The summed E-state index contributed by atoms with van der Waals surface area (Å²) in [7, 11) is 4.82. The van der Waals surface area contributed by atoms with E-state index in [4.69, 9.17) is 9.47 Å². The zero-order chi connectivity index (χ0) is 18.2. The van der Waals surface area contributed by atoms with Crippen LogP contribution in [0.2, 0.25) is 0 Å². The van der Waals surface area contributed by atoms with Gasteiger partial charge in [0, 0.05) is 25.1 Å². The highest BCUT2D eigenvalue weighted by Crippen LogP contribution is 2.38. The van der Waals surface area contributed by atoms with Gasteiger partial charge in [-0.3, -0.25) is 15.0 Å². The molecule has 2 rings (SSSR count). The van der Waals surface area contributed by atoms with Crippen molar-refractivity contribution in [3.63, 3.8) is 0 Å². The first kappa shape index (κ1) is 19.1. The van der Waals surface area contributed by atoms with E-state index in [0.717, 1.165) is 43.0 Å². The highest BCUT2D eigenvalue weighted by Gasteiger charge is 2.28. The molecule has 1 atom stereocenters. The molecule has 1 fully saturated rings. The lowest BCUT2D eigenvalue weighted by Gasteiger charge is -2.26. The van der Waals surface area contributed by atoms with Crippen molar-refractivity contribution in [3.05, 3.63) is 23.8 Å². The molecular formula is C18H27N3O4. The zero-order valence-corrected chi connectivity index (χ0v) is 15.1. The topological polar surface area (TPSA) is 79.9 Å². The number of ether oxygens (including phenoxy) is 2. The van der Waals surface area contributed by atoms with Gasteiger partial charge in [-0.15, -0.1) is 0 Å². The number of methoxy groups -OCH3 is 2. The number of nitrogens with zero attached hydrogens (tertiary/aromatic N) is 1. The van der Waals surface area contributed by atoms with Crippen molar-refractivity contribution in [1.29, 1.82) is 0 Å². The van der Waals surface area contributed by atoms with Gasteiger partial charge in [-0.1, -0.05) is 0 Å². The fourth-order valence-corrected chi connectivity index (χ4v) is 3.24. The van der Waals surface area contributed by atoms with Crippen LogP contribution in [-0.4, -0.2) is 51.2 Å². The lowest BCUT2D eigenvalue weighted by Crippen LogP contribution is -2.37. The summed E-state index contributed by atoms with van der Waals surface area (Å²) in [6.07, 6.45) is 3.18. The molecule has 0 saturated carbocycles. The minimum Gasteiger partial charge on any atom is -0.497 e. The Hall–Kier alpha value is -2.28. The number of carbonyl (C=O) groups excluding carboxylic acids is 2. The second-order valence-corrected chi connectivity index (χ2v) is 6.03. The van der Waals surface area contributed by atoms with Crippen LogP contribution in [0.25, 0.3) is 0 Å². The summed E-state index contributed by atoms with van der Waals surface area (Å²) in [5.74, 6) is 1.41. The van der Waals surface area contributed by atoms with Crippen LogP contribution < -0.4 is 20.1 Å². The van der Waals surface area contributed by atoms with Crippen LogP contribution in [0.15, 0.2) is 18.2 Å². The quantitative estimate of drug-likeness (QED) is 0.788. The van der Waals surface area contributed by atoms with Gasteiger partial charge in [-0.2, -0.15) is 0 Å². The lowest BCUT2D eigenvalue weighted by molar-refractivity contribution is -0.120. The maximum atomic E-state index is 11.7. The SMILES string of the molecule is CNC(=O)NC(=O)CCCN1CCC[C@H]1c1cc(OC)ccc1OC. The molecule has 1 aromatic carbocycles. The van der Waals surface area contributed by atoms with Gasteiger partial charge in [0.15, 0.2) is 0 Å². The standard InChI is InChI=1S/C18H27N3O4/c1-19-18(23)20-17(22)7-5-11-21-10-4-6-15(21)14-12-13(24-2)8-9-16(14)25-3/h8-9,12,15H,4-7,10-11H2,1-3H3,(H2,19,20,22,23)/t15-/m0/s1. The smallest absolute Gasteiger partial charge is 0.321 e. The Morgan fingerprint density at radius 1 is 1.28 bits per heavy atom. The van der Waals surface area contributed by atoms with Crippen molar-refractivity contribution in [2.75, 3.05) is 34.4 Å². The minimum atomic E-state index is -0.467. The Bertz CT molecular complexity index is 606. The first-order valence-electron chi connectivity index (χ1n) is 8.56. The van der Waals surface area contributed by atoms with Crippen LogP contribution in [0.4, 0.5) is 4.79 Å². The molecular weight excluding hydrogens is 322 g/mol. The average molecular weight is 349 g/mol. The van der Waals surface area contributed by atoms with Crippen LogP contribution in [-0.2, 0) is 4.79 Å². The number of amides is 3. The fourth-order valence-electron chi connectivity index (χ4n) is 3.24. The van der Waals surface area contributed by atoms with E-state index in [1.165, 1.54) is 7.05 Å². The predicted molar refractivity (Wildman–Crippen MR) is 94.9 cm³/mol. The van der Waals surface area contributed by atoms with Gasteiger partial charge in [0.05, 0.1) is 14.2 Å². The van der Waals surface area contributed by atoms with Crippen LogP contribution >= 0.6 is 0 Å². The molecule has 1 heterocycles. The van der Waals surface area contributed by atoms with Crippen molar-refractivity contribution in [2.24, 2.45) is 0 Å². The lowest BCUT2D eigenvalue weighted by atomic mass is 10.0. The van der Waals surface area contributed by atoms with Crippen LogP contribution in [0, 0.1) is 0 Å². The first-order valence-corrected chi connectivity index (χ1v) is 8.56. The van der Waals surface area contributed by atoms with Gasteiger partial charge >= 0.3 is 6.03 Å². The van der Waals surface area contributed by atoms with Crippen molar-refractivity contribution < 1.29 is 19.1 Å². The Balaban J connectivity index is 1.96. The molecule has 0 aliphatic carbocycles. The summed E-state index contributed by atoms with van der Waals surface area (Å²) in [6.45, 7) is 1.79. The van der Waals surface area contributed by atoms with Crippen LogP contribution in [0.5, 0.6) is 11.5 Å². The van der Waals surface area contributed by atoms with Crippen molar-refractivity contribution >= 4 is 11.9 Å². The van der Waals surface area contributed by atoms with E-state index in [0.29, 0.717) is 12.8 Å². The summed E-state index contributed by atoms with van der Waals surface area (Å²) in [4.78, 5) is 25.2. The van der Waals surface area contributed by atoms with Crippen LogP contribution in [0.1, 0.15) is 37.3 Å². The molecule has 1 aliphatic rings. The van der Waals surface area contributed by atoms with Gasteiger partial charge in [0.2, 0.25) is 5.91 Å². The average Bonchev–Trinajstić information content (AvgIpc) is 3.09. The highest BCUT2D eigenvalue weighted by atomic mass is 16.5. The Morgan fingerprint density at radius 2 is 2.08 bits per heavy atom. The third-order valence-electron chi connectivity index (χ3n) is 4.49. The normalized spacial score (nSPS) is 17.2. The summed E-state index contributed by atoms with van der Waals surface area (Å²) in [5, 5.41) is 4.66. The number of hydrogen-bond acceptors (Lipinski definition) is 5.